The molecule has 2 rings (SSSR count). The van der Waals surface area contributed by atoms with Gasteiger partial charge in [0.1, 0.15) is 6.04 Å². The number of hydrogen-bond acceptors (Lipinski definition) is 3. The number of nitrogens with zero attached hydrogens (tertiary/aromatic N) is 1. The fourth-order valence-corrected chi connectivity index (χ4v) is 3.57. The van der Waals surface area contributed by atoms with Gasteiger partial charge in [0.15, 0.2) is 8.32 Å². The molecule has 0 fully saturated rings. The van der Waals surface area contributed by atoms with Gasteiger partial charge in [-0.05, 0) is 18.1 Å². The fourth-order valence-electron chi connectivity index (χ4n) is 2.55. The van der Waals surface area contributed by atoms with Crippen LogP contribution in [-0.2, 0) is 4.43 Å². The topological polar surface area (TPSA) is 41.8 Å². The van der Waals surface area contributed by atoms with Crippen molar-refractivity contribution < 1.29 is 9.53 Å². The van der Waals surface area contributed by atoms with Gasteiger partial charge in [0, 0.05) is 11.1 Å². The molecule has 0 heterocycles. The fraction of sp³-hybridized carbons (Fsp3) is 0.375. The normalized spacial score (nSPS) is 14.2. The van der Waals surface area contributed by atoms with Gasteiger partial charge >= 0.3 is 0 Å². The quantitative estimate of drug-likeness (QED) is 0.366. The largest absolute Gasteiger partial charge is 0.415 e. The summed E-state index contributed by atoms with van der Waals surface area (Å²) < 4.78 is 6.38. The van der Waals surface area contributed by atoms with E-state index in [1.165, 1.54) is 6.08 Å². The summed E-state index contributed by atoms with van der Waals surface area (Å²) >= 11 is 0. The Morgan fingerprint density at radius 1 is 1.04 bits per heavy atom. The van der Waals surface area contributed by atoms with E-state index in [9.17, 15) is 5.11 Å². The highest BCUT2D eigenvalue weighted by atomic mass is 28.4. The van der Waals surface area contributed by atoms with Crippen LogP contribution in [0, 0.1) is 0 Å². The zero-order chi connectivity index (χ0) is 20.8. The Morgan fingerprint density at radius 2 is 1.50 bits per heavy atom. The predicted octanol–water partition coefficient (Wildman–Crippen LogP) is 5.46. The number of benzene rings is 2. The minimum atomic E-state index is -1.95. The van der Waals surface area contributed by atoms with E-state index in [0.29, 0.717) is 6.61 Å². The minimum Gasteiger partial charge on any atom is -0.415 e. The Labute approximate surface area is 170 Å². The first-order valence-electron chi connectivity index (χ1n) is 9.79. The first-order chi connectivity index (χ1) is 13.2. The maximum atomic E-state index is 10.6. The lowest BCUT2D eigenvalue weighted by Crippen LogP contribution is -2.44. The van der Waals surface area contributed by atoms with E-state index < -0.39 is 20.5 Å². The summed E-state index contributed by atoms with van der Waals surface area (Å²) in [5.74, 6) is 0. The molecule has 0 saturated heterocycles. The Kier molecular flexibility index (Phi) is 7.53. The van der Waals surface area contributed by atoms with Crippen molar-refractivity contribution in [2.24, 2.45) is 4.99 Å². The third-order valence-corrected chi connectivity index (χ3v) is 9.95. The molecule has 0 unspecified atom stereocenters. The smallest absolute Gasteiger partial charge is 0.192 e. The second-order valence-electron chi connectivity index (χ2n) is 8.57. The van der Waals surface area contributed by atoms with Crippen LogP contribution in [0.25, 0.3) is 0 Å². The second-order valence-corrected chi connectivity index (χ2v) is 13.4. The van der Waals surface area contributed by atoms with Crippen molar-refractivity contribution in [3.05, 3.63) is 84.4 Å². The molecule has 2 aromatic rings. The van der Waals surface area contributed by atoms with Crippen LogP contribution in [0.15, 0.2) is 78.3 Å². The van der Waals surface area contributed by atoms with Crippen molar-refractivity contribution in [2.75, 3.05) is 6.61 Å². The van der Waals surface area contributed by atoms with Gasteiger partial charge in [-0.2, -0.15) is 0 Å². The number of aliphatic imine (C=N–C) groups is 1. The first-order valence-corrected chi connectivity index (χ1v) is 12.7. The molecule has 0 aliphatic heterocycles. The van der Waals surface area contributed by atoms with Crippen molar-refractivity contribution in [2.45, 2.75) is 51.0 Å². The van der Waals surface area contributed by atoms with E-state index in [4.69, 9.17) is 9.42 Å². The van der Waals surface area contributed by atoms with Gasteiger partial charge in [-0.15, -0.1) is 6.58 Å². The highest BCUT2D eigenvalue weighted by Crippen LogP contribution is 2.36. The van der Waals surface area contributed by atoms with Crippen LogP contribution in [0.3, 0.4) is 0 Å². The van der Waals surface area contributed by atoms with E-state index >= 15 is 0 Å². The maximum Gasteiger partial charge on any atom is 0.192 e. The van der Waals surface area contributed by atoms with Crippen LogP contribution < -0.4 is 0 Å². The van der Waals surface area contributed by atoms with Crippen LogP contribution in [0.5, 0.6) is 0 Å². The Morgan fingerprint density at radius 3 is 1.89 bits per heavy atom. The van der Waals surface area contributed by atoms with Gasteiger partial charge < -0.3 is 9.53 Å². The average Bonchev–Trinajstić information content (AvgIpc) is 2.68. The van der Waals surface area contributed by atoms with Crippen LogP contribution in [0.4, 0.5) is 0 Å². The molecule has 2 aromatic carbocycles. The zero-order valence-corrected chi connectivity index (χ0v) is 18.7. The van der Waals surface area contributed by atoms with Crippen molar-refractivity contribution in [3.63, 3.8) is 0 Å². The molecule has 150 valence electrons. The van der Waals surface area contributed by atoms with Gasteiger partial charge in [-0.1, -0.05) is 87.5 Å². The lowest BCUT2D eigenvalue weighted by atomic mass is 10.0. The molecule has 1 N–H and O–H groups in total. The van der Waals surface area contributed by atoms with E-state index in [1.807, 2.05) is 60.7 Å². The Balaban J connectivity index is 2.41. The second kappa shape index (κ2) is 9.46. The summed E-state index contributed by atoms with van der Waals surface area (Å²) in [7, 11) is -1.95. The molecule has 28 heavy (non-hydrogen) atoms. The van der Waals surface area contributed by atoms with Gasteiger partial charge in [0.2, 0.25) is 0 Å². The average molecular weight is 396 g/mol. The molecule has 3 nitrogen and oxygen atoms in total. The van der Waals surface area contributed by atoms with Crippen molar-refractivity contribution in [3.8, 4) is 0 Å². The van der Waals surface area contributed by atoms with Crippen molar-refractivity contribution >= 4 is 14.0 Å². The molecule has 2 atom stereocenters. The SMILES string of the molecule is C=C[C@H](O)[C@@H](CO[Si](C)(C)C(C)(C)C)N=C(c1ccccc1)c1ccccc1. The Hall–Kier alpha value is -2.01. The number of hydrogen-bond donors (Lipinski definition) is 1. The maximum absolute atomic E-state index is 10.6. The molecule has 0 amide bonds. The molecule has 0 radical (unpaired) electrons. The highest BCUT2D eigenvalue weighted by Gasteiger charge is 2.38. The Bertz CT molecular complexity index is 738. The van der Waals surface area contributed by atoms with Gasteiger partial charge in [0.05, 0.1) is 18.4 Å². The molecule has 0 spiro atoms. The third kappa shape index (κ3) is 5.74. The van der Waals surface area contributed by atoms with E-state index in [-0.39, 0.29) is 5.04 Å². The summed E-state index contributed by atoms with van der Waals surface area (Å²) in [5.41, 5.74) is 2.88. The van der Waals surface area contributed by atoms with Gasteiger partial charge in [-0.25, -0.2) is 0 Å². The van der Waals surface area contributed by atoms with Crippen LogP contribution in [-0.4, -0.2) is 37.9 Å². The molecule has 4 heteroatoms. The molecular weight excluding hydrogens is 362 g/mol. The van der Waals surface area contributed by atoms with Crippen LogP contribution >= 0.6 is 0 Å². The van der Waals surface area contributed by atoms with Gasteiger partial charge in [0.25, 0.3) is 0 Å². The molecule has 0 bridgehead atoms. The summed E-state index contributed by atoms with van der Waals surface area (Å²) in [6, 6.07) is 19.7. The van der Waals surface area contributed by atoms with Crippen molar-refractivity contribution in [1.82, 2.24) is 0 Å². The standard InChI is InChI=1S/C24H33NO2Si/c1-7-22(26)21(18-27-28(5,6)24(2,3)4)25-23(19-14-10-8-11-15-19)20-16-12-9-13-17-20/h7-17,21-22,26H,1,18H2,2-6H3/t21-,22+/m1/s1. The molecule has 0 aromatic heterocycles. The van der Waals surface area contributed by atoms with Crippen molar-refractivity contribution in [1.29, 1.82) is 0 Å². The summed E-state index contributed by atoms with van der Waals surface area (Å²) in [5, 5.41) is 10.7. The monoisotopic (exact) mass is 395 g/mol. The predicted molar refractivity (Wildman–Crippen MR) is 122 cm³/mol. The van der Waals surface area contributed by atoms with Crippen LogP contribution in [0.1, 0.15) is 31.9 Å². The first kappa shape index (κ1) is 22.3. The number of rotatable bonds is 8. The van der Waals surface area contributed by atoms with E-state index in [0.717, 1.165) is 16.8 Å². The number of aliphatic hydroxyl groups is 1. The molecule has 0 saturated carbocycles. The number of aliphatic hydroxyl groups excluding tert-OH is 1. The third-order valence-electron chi connectivity index (χ3n) is 5.45. The molecular formula is C24H33NO2Si. The molecule has 0 aliphatic rings. The van der Waals surface area contributed by atoms with Crippen LogP contribution in [0.2, 0.25) is 18.1 Å². The highest BCUT2D eigenvalue weighted by molar-refractivity contribution is 6.74. The lowest BCUT2D eigenvalue weighted by molar-refractivity contribution is 0.148. The molecule has 0 aliphatic carbocycles. The van der Waals surface area contributed by atoms with E-state index in [2.05, 4.69) is 40.4 Å². The summed E-state index contributed by atoms with van der Waals surface area (Å²) in [6.45, 7) is 15.2. The zero-order valence-electron chi connectivity index (χ0n) is 17.7. The van der Waals surface area contributed by atoms with Gasteiger partial charge in [-0.3, -0.25) is 4.99 Å². The minimum absolute atomic E-state index is 0.0993. The summed E-state index contributed by atoms with van der Waals surface area (Å²) in [4.78, 5) is 4.97. The lowest BCUT2D eigenvalue weighted by Gasteiger charge is -2.37. The van der Waals surface area contributed by atoms with E-state index in [1.54, 1.807) is 0 Å². The summed E-state index contributed by atoms with van der Waals surface area (Å²) in [6.07, 6.45) is 0.767.